The molecule has 2 N–H and O–H groups in total. The van der Waals surface area contributed by atoms with Crippen LogP contribution in [-0.2, 0) is 19.1 Å². The van der Waals surface area contributed by atoms with Gasteiger partial charge in [-0.25, -0.2) is 0 Å². The Balaban J connectivity index is 2.44. The number of imide groups is 1. The highest BCUT2D eigenvalue weighted by Gasteiger charge is 2.38. The monoisotopic (exact) mass is 271 g/mol. The van der Waals surface area contributed by atoms with Crippen molar-refractivity contribution in [1.29, 1.82) is 0 Å². The van der Waals surface area contributed by atoms with Crippen LogP contribution in [0.15, 0.2) is 0 Å². The van der Waals surface area contributed by atoms with E-state index in [1.54, 1.807) is 21.0 Å². The summed E-state index contributed by atoms with van der Waals surface area (Å²) >= 11 is 0. The van der Waals surface area contributed by atoms with E-state index in [-0.39, 0.29) is 24.1 Å². The van der Waals surface area contributed by atoms with Gasteiger partial charge in [-0.2, -0.15) is 0 Å². The van der Waals surface area contributed by atoms with Gasteiger partial charge in [-0.05, 0) is 13.8 Å². The molecule has 0 aromatic carbocycles. The first-order valence-corrected chi connectivity index (χ1v) is 6.38. The van der Waals surface area contributed by atoms with Gasteiger partial charge in [0.2, 0.25) is 17.7 Å². The Morgan fingerprint density at radius 1 is 1.53 bits per heavy atom. The number of rotatable bonds is 7. The summed E-state index contributed by atoms with van der Waals surface area (Å²) < 4.78 is 4.82. The maximum atomic E-state index is 11.9. The molecule has 7 heteroatoms. The van der Waals surface area contributed by atoms with Crippen molar-refractivity contribution >= 4 is 17.7 Å². The molecule has 0 saturated carbocycles. The molecule has 3 amide bonds. The predicted molar refractivity (Wildman–Crippen MR) is 68.3 cm³/mol. The van der Waals surface area contributed by atoms with Gasteiger partial charge in [0.05, 0.1) is 25.1 Å². The van der Waals surface area contributed by atoms with Crippen molar-refractivity contribution in [1.82, 2.24) is 15.5 Å². The van der Waals surface area contributed by atoms with Gasteiger partial charge < -0.3 is 10.1 Å². The molecule has 2 atom stereocenters. The lowest BCUT2D eigenvalue weighted by Gasteiger charge is -2.18. The molecule has 0 spiro atoms. The van der Waals surface area contributed by atoms with Gasteiger partial charge in [0.1, 0.15) is 0 Å². The third-order valence-corrected chi connectivity index (χ3v) is 3.01. The molecule has 1 aliphatic rings. The van der Waals surface area contributed by atoms with Crippen molar-refractivity contribution in [2.45, 2.75) is 32.4 Å². The van der Waals surface area contributed by atoms with E-state index in [1.807, 2.05) is 0 Å². The van der Waals surface area contributed by atoms with E-state index in [9.17, 15) is 14.4 Å². The summed E-state index contributed by atoms with van der Waals surface area (Å²) in [4.78, 5) is 36.3. The van der Waals surface area contributed by atoms with Crippen LogP contribution in [-0.4, -0.2) is 61.5 Å². The van der Waals surface area contributed by atoms with E-state index in [0.29, 0.717) is 19.7 Å². The second-order valence-electron chi connectivity index (χ2n) is 4.41. The number of ether oxygens (including phenoxy) is 1. The number of methoxy groups -OCH3 is 1. The Hall–Kier alpha value is -1.47. The van der Waals surface area contributed by atoms with E-state index in [4.69, 9.17) is 4.74 Å². The van der Waals surface area contributed by atoms with Crippen LogP contribution in [0.2, 0.25) is 0 Å². The Labute approximate surface area is 112 Å². The fourth-order valence-corrected chi connectivity index (χ4v) is 1.95. The average Bonchev–Trinajstić information content (AvgIpc) is 2.64. The van der Waals surface area contributed by atoms with Gasteiger partial charge in [0.25, 0.3) is 0 Å². The van der Waals surface area contributed by atoms with Gasteiger partial charge in [0, 0.05) is 20.2 Å². The zero-order valence-electron chi connectivity index (χ0n) is 11.6. The Kier molecular flexibility index (Phi) is 5.91. The maximum absolute atomic E-state index is 11.9. The second-order valence-corrected chi connectivity index (χ2v) is 4.41. The number of hydrogen-bond acceptors (Lipinski definition) is 5. The first-order valence-electron chi connectivity index (χ1n) is 6.38. The summed E-state index contributed by atoms with van der Waals surface area (Å²) in [6.45, 7) is 4.63. The third-order valence-electron chi connectivity index (χ3n) is 3.01. The molecule has 1 fully saturated rings. The van der Waals surface area contributed by atoms with Crippen LogP contribution in [0.3, 0.4) is 0 Å². The van der Waals surface area contributed by atoms with E-state index in [0.717, 1.165) is 0 Å². The van der Waals surface area contributed by atoms with Crippen molar-refractivity contribution < 1.29 is 19.1 Å². The fourth-order valence-electron chi connectivity index (χ4n) is 1.95. The van der Waals surface area contributed by atoms with Gasteiger partial charge in [-0.1, -0.05) is 0 Å². The van der Waals surface area contributed by atoms with Gasteiger partial charge in [0.15, 0.2) is 0 Å². The predicted octanol–water partition coefficient (Wildman–Crippen LogP) is -1.13. The number of carbonyl (C=O) groups is 3. The Morgan fingerprint density at radius 3 is 2.74 bits per heavy atom. The number of amides is 3. The molecule has 7 nitrogen and oxygen atoms in total. The molecular weight excluding hydrogens is 250 g/mol. The summed E-state index contributed by atoms with van der Waals surface area (Å²) in [5.41, 5.74) is 0. The molecule has 0 bridgehead atoms. The van der Waals surface area contributed by atoms with Crippen LogP contribution >= 0.6 is 0 Å². The Morgan fingerprint density at radius 2 is 2.21 bits per heavy atom. The summed E-state index contributed by atoms with van der Waals surface area (Å²) in [5.74, 6) is -0.673. The lowest BCUT2D eigenvalue weighted by Crippen LogP contribution is -2.49. The minimum Gasteiger partial charge on any atom is -0.383 e. The lowest BCUT2D eigenvalue weighted by atomic mass is 10.2. The Bertz CT molecular complexity index is 359. The third kappa shape index (κ3) is 4.00. The number of likely N-dealkylation sites (N-methyl/N-ethyl adjacent to an activating group) is 1. The van der Waals surface area contributed by atoms with E-state index in [2.05, 4.69) is 10.6 Å². The van der Waals surface area contributed by atoms with Crippen molar-refractivity contribution in [3.63, 3.8) is 0 Å². The summed E-state index contributed by atoms with van der Waals surface area (Å²) in [6, 6.07) is -1.13. The van der Waals surface area contributed by atoms with Gasteiger partial charge >= 0.3 is 0 Å². The molecule has 0 aliphatic carbocycles. The number of likely N-dealkylation sites (tertiary alicyclic amines) is 1. The summed E-state index contributed by atoms with van der Waals surface area (Å²) in [6.07, 6.45) is 0.113. The molecule has 108 valence electrons. The van der Waals surface area contributed by atoms with Crippen molar-refractivity contribution in [2.75, 3.05) is 26.8 Å². The fraction of sp³-hybridized carbons (Fsp3) is 0.750. The van der Waals surface area contributed by atoms with Crippen LogP contribution in [0, 0.1) is 0 Å². The summed E-state index contributed by atoms with van der Waals surface area (Å²) in [5, 5.41) is 5.56. The maximum Gasteiger partial charge on any atom is 0.246 e. The SMILES string of the molecule is CCN1C(=O)CC(NC(C)C(=O)NCCOC)C1=O. The minimum absolute atomic E-state index is 0.113. The number of hydrogen-bond donors (Lipinski definition) is 2. The van der Waals surface area contributed by atoms with Crippen LogP contribution in [0.25, 0.3) is 0 Å². The second kappa shape index (κ2) is 7.20. The van der Waals surface area contributed by atoms with Gasteiger partial charge in [-0.15, -0.1) is 0 Å². The molecule has 0 aromatic heterocycles. The number of nitrogens with zero attached hydrogens (tertiary/aromatic N) is 1. The molecule has 1 heterocycles. The van der Waals surface area contributed by atoms with Crippen molar-refractivity contribution in [3.8, 4) is 0 Å². The van der Waals surface area contributed by atoms with Crippen LogP contribution in [0.1, 0.15) is 20.3 Å². The van der Waals surface area contributed by atoms with Crippen molar-refractivity contribution in [3.05, 3.63) is 0 Å². The van der Waals surface area contributed by atoms with E-state index >= 15 is 0 Å². The largest absolute Gasteiger partial charge is 0.383 e. The van der Waals surface area contributed by atoms with E-state index in [1.165, 1.54) is 4.90 Å². The van der Waals surface area contributed by atoms with Crippen LogP contribution < -0.4 is 10.6 Å². The van der Waals surface area contributed by atoms with Crippen LogP contribution in [0.4, 0.5) is 0 Å². The standard InChI is InChI=1S/C12H21N3O4/c1-4-15-10(16)7-9(12(15)18)14-8(2)11(17)13-5-6-19-3/h8-9,14H,4-7H2,1-3H3,(H,13,17). The molecule has 2 unspecified atom stereocenters. The highest BCUT2D eigenvalue weighted by molar-refractivity contribution is 6.05. The minimum atomic E-state index is -0.601. The van der Waals surface area contributed by atoms with E-state index < -0.39 is 12.1 Å². The summed E-state index contributed by atoms with van der Waals surface area (Å²) in [7, 11) is 1.55. The number of nitrogens with one attached hydrogen (secondary N) is 2. The molecule has 1 saturated heterocycles. The quantitative estimate of drug-likeness (QED) is 0.452. The highest BCUT2D eigenvalue weighted by Crippen LogP contribution is 2.12. The van der Waals surface area contributed by atoms with Crippen molar-refractivity contribution in [2.24, 2.45) is 0 Å². The average molecular weight is 271 g/mol. The molecule has 19 heavy (non-hydrogen) atoms. The molecule has 0 radical (unpaired) electrons. The molecule has 1 rings (SSSR count). The number of carbonyl (C=O) groups excluding carboxylic acids is 3. The van der Waals surface area contributed by atoms with Crippen LogP contribution in [0.5, 0.6) is 0 Å². The molecule has 1 aliphatic heterocycles. The first-order chi connectivity index (χ1) is 9.01. The van der Waals surface area contributed by atoms with Gasteiger partial charge in [-0.3, -0.25) is 24.6 Å². The lowest BCUT2D eigenvalue weighted by molar-refractivity contribution is -0.138. The normalized spacial score (nSPS) is 20.8. The first kappa shape index (κ1) is 15.6. The topological polar surface area (TPSA) is 87.7 Å². The molecule has 0 aromatic rings. The molecular formula is C12H21N3O4. The smallest absolute Gasteiger partial charge is 0.246 e. The zero-order valence-corrected chi connectivity index (χ0v) is 11.6. The zero-order chi connectivity index (χ0) is 14.4. The highest BCUT2D eigenvalue weighted by atomic mass is 16.5.